The van der Waals surface area contributed by atoms with Crippen molar-refractivity contribution < 1.29 is 8.42 Å². The van der Waals surface area contributed by atoms with Crippen LogP contribution in [0, 0.1) is 6.92 Å². The van der Waals surface area contributed by atoms with Crippen LogP contribution >= 0.6 is 11.6 Å². The summed E-state index contributed by atoms with van der Waals surface area (Å²) >= 11 is 5.66. The van der Waals surface area contributed by atoms with E-state index in [2.05, 4.69) is 9.71 Å². The average molecular weight is 325 g/mol. The van der Waals surface area contributed by atoms with Gasteiger partial charge in [0, 0.05) is 12.1 Å². The largest absolute Gasteiger partial charge is 0.260 e. The summed E-state index contributed by atoms with van der Waals surface area (Å²) in [6.45, 7) is 2.08. The van der Waals surface area contributed by atoms with Gasteiger partial charge in [-0.15, -0.1) is 11.6 Å². The Balaban J connectivity index is 2.09. The van der Waals surface area contributed by atoms with Gasteiger partial charge in [-0.1, -0.05) is 18.2 Å². The van der Waals surface area contributed by atoms with E-state index in [0.29, 0.717) is 5.88 Å². The van der Waals surface area contributed by atoms with Gasteiger partial charge in [0.25, 0.3) is 0 Å². The first-order chi connectivity index (χ1) is 10.0. The number of hydrogen-bond donors (Lipinski definition) is 1. The van der Waals surface area contributed by atoms with Gasteiger partial charge in [-0.3, -0.25) is 4.98 Å². The molecule has 1 aromatic carbocycles. The van der Waals surface area contributed by atoms with Crippen molar-refractivity contribution in [2.24, 2.45) is 0 Å². The number of hydrogen-bond acceptors (Lipinski definition) is 3. The molecule has 0 bridgehead atoms. The van der Waals surface area contributed by atoms with E-state index in [1.807, 2.05) is 19.1 Å². The van der Waals surface area contributed by atoms with Gasteiger partial charge in [-0.05, 0) is 42.7 Å². The van der Waals surface area contributed by atoms with Crippen molar-refractivity contribution in [2.75, 3.05) is 5.88 Å². The second-order valence-corrected chi connectivity index (χ2v) is 6.82. The van der Waals surface area contributed by atoms with Crippen LogP contribution in [-0.2, 0) is 23.0 Å². The quantitative estimate of drug-likeness (QED) is 0.831. The molecular weight excluding hydrogens is 308 g/mol. The molecule has 0 aliphatic heterocycles. The highest BCUT2D eigenvalue weighted by Crippen LogP contribution is 2.12. The summed E-state index contributed by atoms with van der Waals surface area (Å²) in [5.74, 6) is 0.517. The van der Waals surface area contributed by atoms with Gasteiger partial charge in [-0.25, -0.2) is 13.1 Å². The maximum absolute atomic E-state index is 12.2. The zero-order valence-corrected chi connectivity index (χ0v) is 13.3. The lowest BCUT2D eigenvalue weighted by molar-refractivity contribution is 0.580. The summed E-state index contributed by atoms with van der Waals surface area (Å²) in [7, 11) is -3.53. The third-order valence-corrected chi connectivity index (χ3v) is 4.77. The Kier molecular flexibility index (Phi) is 5.33. The first kappa shape index (κ1) is 15.9. The molecule has 2 rings (SSSR count). The number of rotatable bonds is 6. The van der Waals surface area contributed by atoms with Crippen LogP contribution in [0.2, 0.25) is 0 Å². The molecule has 1 heterocycles. The molecule has 0 saturated carbocycles. The molecule has 0 aliphatic rings. The van der Waals surface area contributed by atoms with Crippen molar-refractivity contribution in [3.63, 3.8) is 0 Å². The third-order valence-electron chi connectivity index (χ3n) is 3.16. The number of sulfonamides is 1. The molecule has 0 amide bonds. The molecule has 21 heavy (non-hydrogen) atoms. The Morgan fingerprint density at radius 1 is 1.19 bits per heavy atom. The molecule has 0 atom stereocenters. The summed E-state index contributed by atoms with van der Waals surface area (Å²) in [6, 6.07) is 10.5. The Hall–Kier alpha value is -1.43. The summed E-state index contributed by atoms with van der Waals surface area (Å²) in [6.07, 6.45) is 2.38. The SMILES string of the molecule is Cc1cccnc1CNS(=O)(=O)c1ccc(CCCl)cc1. The minimum atomic E-state index is -3.53. The molecule has 112 valence electrons. The molecule has 1 N–H and O–H groups in total. The number of alkyl halides is 1. The van der Waals surface area contributed by atoms with E-state index in [1.54, 1.807) is 30.5 Å². The molecule has 0 saturated heterocycles. The summed E-state index contributed by atoms with van der Waals surface area (Å²) in [5, 5.41) is 0. The first-order valence-electron chi connectivity index (χ1n) is 6.58. The van der Waals surface area contributed by atoms with Crippen LogP contribution in [0.1, 0.15) is 16.8 Å². The summed E-state index contributed by atoms with van der Waals surface area (Å²) in [4.78, 5) is 4.42. The predicted octanol–water partition coefficient (Wildman–Crippen LogP) is 2.65. The fourth-order valence-corrected chi connectivity index (χ4v) is 3.10. The molecule has 0 unspecified atom stereocenters. The van der Waals surface area contributed by atoms with E-state index in [0.717, 1.165) is 23.2 Å². The molecule has 6 heteroatoms. The van der Waals surface area contributed by atoms with Crippen molar-refractivity contribution in [2.45, 2.75) is 24.8 Å². The van der Waals surface area contributed by atoms with Crippen LogP contribution in [0.4, 0.5) is 0 Å². The molecule has 0 aliphatic carbocycles. The van der Waals surface area contributed by atoms with Gasteiger partial charge >= 0.3 is 0 Å². The van der Waals surface area contributed by atoms with Gasteiger partial charge < -0.3 is 0 Å². The highest BCUT2D eigenvalue weighted by molar-refractivity contribution is 7.89. The summed E-state index contributed by atoms with van der Waals surface area (Å²) < 4.78 is 27.0. The minimum Gasteiger partial charge on any atom is -0.260 e. The fraction of sp³-hybridized carbons (Fsp3) is 0.267. The van der Waals surface area contributed by atoms with E-state index < -0.39 is 10.0 Å². The number of halogens is 1. The molecule has 2 aromatic rings. The smallest absolute Gasteiger partial charge is 0.240 e. The predicted molar refractivity (Wildman–Crippen MR) is 83.9 cm³/mol. The number of pyridine rings is 1. The molecular formula is C15H17ClN2O2S. The van der Waals surface area contributed by atoms with Gasteiger partial charge in [-0.2, -0.15) is 0 Å². The highest BCUT2D eigenvalue weighted by Gasteiger charge is 2.14. The lowest BCUT2D eigenvalue weighted by Gasteiger charge is -2.08. The van der Waals surface area contributed by atoms with Crippen LogP contribution in [0.15, 0.2) is 47.5 Å². The highest BCUT2D eigenvalue weighted by atomic mass is 35.5. The lowest BCUT2D eigenvalue weighted by Crippen LogP contribution is -2.24. The normalized spacial score (nSPS) is 11.5. The first-order valence-corrected chi connectivity index (χ1v) is 8.60. The second-order valence-electron chi connectivity index (χ2n) is 4.67. The van der Waals surface area contributed by atoms with Crippen molar-refractivity contribution in [1.29, 1.82) is 0 Å². The van der Waals surface area contributed by atoms with Crippen LogP contribution in [-0.4, -0.2) is 19.3 Å². The molecule has 0 radical (unpaired) electrons. The lowest BCUT2D eigenvalue weighted by atomic mass is 10.2. The van der Waals surface area contributed by atoms with Crippen LogP contribution in [0.3, 0.4) is 0 Å². The van der Waals surface area contributed by atoms with Gasteiger partial charge in [0.15, 0.2) is 0 Å². The maximum Gasteiger partial charge on any atom is 0.240 e. The summed E-state index contributed by atoms with van der Waals surface area (Å²) in [5.41, 5.74) is 2.70. The average Bonchev–Trinajstić information content (AvgIpc) is 2.47. The zero-order valence-electron chi connectivity index (χ0n) is 11.7. The Morgan fingerprint density at radius 2 is 1.90 bits per heavy atom. The molecule has 0 spiro atoms. The maximum atomic E-state index is 12.2. The van der Waals surface area contributed by atoms with Crippen LogP contribution in [0.5, 0.6) is 0 Å². The van der Waals surface area contributed by atoms with E-state index in [4.69, 9.17) is 11.6 Å². The van der Waals surface area contributed by atoms with E-state index in [-0.39, 0.29) is 11.4 Å². The van der Waals surface area contributed by atoms with Crippen molar-refractivity contribution in [3.05, 3.63) is 59.4 Å². The second kappa shape index (κ2) is 7.02. The Bertz CT molecular complexity index is 700. The number of benzene rings is 1. The topological polar surface area (TPSA) is 59.1 Å². The molecule has 0 fully saturated rings. The number of aryl methyl sites for hydroxylation is 2. The zero-order chi connectivity index (χ0) is 15.3. The number of nitrogens with one attached hydrogen (secondary N) is 1. The number of aromatic nitrogens is 1. The molecule has 4 nitrogen and oxygen atoms in total. The van der Waals surface area contributed by atoms with Gasteiger partial charge in [0.1, 0.15) is 0 Å². The van der Waals surface area contributed by atoms with Gasteiger partial charge in [0.2, 0.25) is 10.0 Å². The van der Waals surface area contributed by atoms with E-state index >= 15 is 0 Å². The Labute approximate surface area is 130 Å². The monoisotopic (exact) mass is 324 g/mol. The third kappa shape index (κ3) is 4.27. The molecule has 1 aromatic heterocycles. The number of nitrogens with zero attached hydrogens (tertiary/aromatic N) is 1. The van der Waals surface area contributed by atoms with Crippen molar-refractivity contribution in [1.82, 2.24) is 9.71 Å². The standard InChI is InChI=1S/C15H17ClN2O2S/c1-12-3-2-10-17-15(12)11-18-21(19,20)14-6-4-13(5-7-14)8-9-16/h2-7,10,18H,8-9,11H2,1H3. The van der Waals surface area contributed by atoms with E-state index in [1.165, 1.54) is 0 Å². The van der Waals surface area contributed by atoms with Crippen molar-refractivity contribution in [3.8, 4) is 0 Å². The van der Waals surface area contributed by atoms with Crippen LogP contribution in [0.25, 0.3) is 0 Å². The Morgan fingerprint density at radius 3 is 2.52 bits per heavy atom. The van der Waals surface area contributed by atoms with E-state index in [9.17, 15) is 8.42 Å². The van der Waals surface area contributed by atoms with Gasteiger partial charge in [0.05, 0.1) is 17.1 Å². The minimum absolute atomic E-state index is 0.179. The fourth-order valence-electron chi connectivity index (χ4n) is 1.89. The van der Waals surface area contributed by atoms with Crippen molar-refractivity contribution >= 4 is 21.6 Å². The van der Waals surface area contributed by atoms with Crippen LogP contribution < -0.4 is 4.72 Å².